The summed E-state index contributed by atoms with van der Waals surface area (Å²) < 4.78 is 110. The van der Waals surface area contributed by atoms with Gasteiger partial charge >= 0.3 is 31.3 Å². The lowest BCUT2D eigenvalue weighted by Crippen LogP contribution is -2.34. The molecule has 8 nitrogen and oxygen atoms in total. The smallest absolute Gasteiger partial charge is 0.327 e. The first-order chi connectivity index (χ1) is 14.6. The van der Waals surface area contributed by atoms with Gasteiger partial charge in [0.05, 0.1) is 0 Å². The van der Waals surface area contributed by atoms with Crippen molar-refractivity contribution >= 4 is 20.2 Å². The van der Waals surface area contributed by atoms with Crippen LogP contribution in [0.1, 0.15) is 28.2 Å². The van der Waals surface area contributed by atoms with Gasteiger partial charge in [-0.1, -0.05) is 0 Å². The number of hydrogen-bond donors (Lipinski definition) is 1. The number of nitrogens with zero attached hydrogens (tertiary/aromatic N) is 1. The minimum Gasteiger partial charge on any atom is -0.327 e. The molecule has 2 rings (SSSR count). The first kappa shape index (κ1) is 30.5. The van der Waals surface area contributed by atoms with Crippen molar-refractivity contribution in [1.82, 2.24) is 9.97 Å². The first-order valence-corrected chi connectivity index (χ1v) is 11.3. The van der Waals surface area contributed by atoms with Crippen molar-refractivity contribution < 1.29 is 46.8 Å². The van der Waals surface area contributed by atoms with E-state index in [2.05, 4.69) is 29.0 Å². The van der Waals surface area contributed by atoms with E-state index in [-0.39, 0.29) is 5.56 Å². The van der Waals surface area contributed by atoms with E-state index in [9.17, 15) is 48.0 Å². The van der Waals surface area contributed by atoms with Crippen molar-refractivity contribution in [2.24, 2.45) is 0 Å². The Labute approximate surface area is 185 Å². The molecule has 16 heteroatoms. The highest BCUT2D eigenvalue weighted by atomic mass is 32.3. The Balaban J connectivity index is 0.000000489. The highest BCUT2D eigenvalue weighted by molar-refractivity contribution is 8.00. The highest BCUT2D eigenvalue weighted by Gasteiger charge is 2.57. The van der Waals surface area contributed by atoms with Crippen LogP contribution in [0.5, 0.6) is 0 Å². The van der Waals surface area contributed by atoms with E-state index in [1.165, 1.54) is 5.56 Å². The zero-order chi connectivity index (χ0) is 26.4. The Morgan fingerprint density at radius 1 is 0.727 bits per heavy atom. The van der Waals surface area contributed by atoms with E-state index in [0.717, 1.165) is 22.6 Å². The summed E-state index contributed by atoms with van der Waals surface area (Å²) in [4.78, 5) is 17.5. The number of halogens is 6. The molecule has 2 aromatic heterocycles. The standard InChI is InChI=1S/C8H11N.C7H9NO.C2F6O5S2/c1-6-4-7(2)9-8(3)5-6;1-5-3-6(2)8-7(9)4-5;3-1(4,5)14(9,10)13-15(11,12)2(6,7)8/h4-5H,1-3H3;3-4H,1-2H3,(H,8,9);. The number of nitrogens with one attached hydrogen (secondary N) is 1. The van der Waals surface area contributed by atoms with Crippen molar-refractivity contribution in [3.05, 3.63) is 62.8 Å². The molecule has 0 atom stereocenters. The van der Waals surface area contributed by atoms with E-state index < -0.39 is 31.3 Å². The Morgan fingerprint density at radius 2 is 1.09 bits per heavy atom. The molecule has 0 aliphatic heterocycles. The van der Waals surface area contributed by atoms with Crippen molar-refractivity contribution in [3.8, 4) is 0 Å². The second-order valence-electron chi connectivity index (χ2n) is 6.50. The molecular formula is C17H20F6N2O6S2. The van der Waals surface area contributed by atoms with Crippen LogP contribution in [0.3, 0.4) is 0 Å². The summed E-state index contributed by atoms with van der Waals surface area (Å²) in [6.45, 7) is 9.89. The van der Waals surface area contributed by atoms with Crippen molar-refractivity contribution in [2.45, 2.75) is 45.6 Å². The monoisotopic (exact) mass is 526 g/mol. The fourth-order valence-electron chi connectivity index (χ4n) is 2.09. The molecule has 0 saturated heterocycles. The maximum Gasteiger partial charge on any atom is 0.524 e. The lowest BCUT2D eigenvalue weighted by atomic mass is 10.2. The molecule has 0 spiro atoms. The van der Waals surface area contributed by atoms with Crippen LogP contribution < -0.4 is 5.56 Å². The van der Waals surface area contributed by atoms with Gasteiger partial charge < -0.3 is 4.98 Å². The van der Waals surface area contributed by atoms with Crippen LogP contribution in [0.15, 0.2) is 29.1 Å². The molecule has 0 radical (unpaired) electrons. The lowest BCUT2D eigenvalue weighted by molar-refractivity contribution is -0.0585. The van der Waals surface area contributed by atoms with Gasteiger partial charge in [-0.15, -0.1) is 3.63 Å². The van der Waals surface area contributed by atoms with Crippen LogP contribution >= 0.6 is 0 Å². The van der Waals surface area contributed by atoms with Gasteiger partial charge in [-0.2, -0.15) is 43.2 Å². The number of aromatic nitrogens is 2. The number of aryl methyl sites for hydroxylation is 5. The van der Waals surface area contributed by atoms with Gasteiger partial charge in [0.2, 0.25) is 5.56 Å². The topological polar surface area (TPSA) is 123 Å². The molecule has 0 fully saturated rings. The fraction of sp³-hybridized carbons (Fsp3) is 0.412. The predicted molar refractivity (Wildman–Crippen MR) is 106 cm³/mol. The third-order valence-corrected chi connectivity index (χ3v) is 5.66. The lowest BCUT2D eigenvalue weighted by Gasteiger charge is -2.09. The average molecular weight is 526 g/mol. The van der Waals surface area contributed by atoms with Crippen LogP contribution in [0.2, 0.25) is 0 Å². The summed E-state index contributed by atoms with van der Waals surface area (Å²) >= 11 is 0. The summed E-state index contributed by atoms with van der Waals surface area (Å²) in [6, 6.07) is 7.66. The van der Waals surface area contributed by atoms with E-state index in [0.29, 0.717) is 0 Å². The minimum atomic E-state index is -6.85. The molecule has 188 valence electrons. The third-order valence-electron chi connectivity index (χ3n) is 3.10. The van der Waals surface area contributed by atoms with Gasteiger partial charge in [-0.25, -0.2) is 0 Å². The average Bonchev–Trinajstić information content (AvgIpc) is 2.49. The van der Waals surface area contributed by atoms with E-state index in [4.69, 9.17) is 0 Å². The number of rotatable bonds is 2. The first-order valence-electron chi connectivity index (χ1n) is 8.50. The summed E-state index contributed by atoms with van der Waals surface area (Å²) in [5.41, 5.74) is -7.11. The quantitative estimate of drug-likeness (QED) is 0.468. The van der Waals surface area contributed by atoms with E-state index in [1.807, 2.05) is 37.4 Å². The van der Waals surface area contributed by atoms with Gasteiger partial charge in [0.1, 0.15) is 0 Å². The molecule has 2 heterocycles. The van der Waals surface area contributed by atoms with Crippen LogP contribution in [-0.2, 0) is 23.9 Å². The Hall–Kier alpha value is -2.46. The molecule has 33 heavy (non-hydrogen) atoms. The molecule has 0 aromatic carbocycles. The number of pyridine rings is 2. The molecule has 0 amide bonds. The Morgan fingerprint density at radius 3 is 1.36 bits per heavy atom. The third kappa shape index (κ3) is 10.8. The molecule has 2 aromatic rings. The SMILES string of the molecule is Cc1cc(C)[nH]c(=O)c1.Cc1cc(C)nc(C)c1.O=S(=O)(OS(=O)(=O)C(F)(F)F)C(F)(F)F. The molecule has 0 bridgehead atoms. The molecule has 1 N–H and O–H groups in total. The summed E-state index contributed by atoms with van der Waals surface area (Å²) in [6.07, 6.45) is 0. The minimum absolute atomic E-state index is 0.0208. The van der Waals surface area contributed by atoms with Gasteiger partial charge in [-0.05, 0) is 63.9 Å². The maximum atomic E-state index is 11.4. The van der Waals surface area contributed by atoms with E-state index >= 15 is 0 Å². The zero-order valence-electron chi connectivity index (χ0n) is 17.8. The largest absolute Gasteiger partial charge is 0.524 e. The predicted octanol–water partition coefficient (Wildman–Crippen LogP) is 3.70. The van der Waals surface area contributed by atoms with Crippen LogP contribution in [0, 0.1) is 34.6 Å². The zero-order valence-corrected chi connectivity index (χ0v) is 19.4. The molecule has 0 aliphatic carbocycles. The molecule has 0 unspecified atom stereocenters. The number of hydrogen-bond acceptors (Lipinski definition) is 7. The summed E-state index contributed by atoms with van der Waals surface area (Å²) in [7, 11) is -13.7. The second-order valence-corrected chi connectivity index (χ2v) is 9.79. The Bertz CT molecular complexity index is 1100. The fourth-order valence-corrected chi connectivity index (χ4v) is 3.66. The van der Waals surface area contributed by atoms with Gasteiger partial charge in [0.15, 0.2) is 0 Å². The summed E-state index contributed by atoms with van der Waals surface area (Å²) in [5.74, 6) is 0. The number of H-pyrrole nitrogens is 1. The summed E-state index contributed by atoms with van der Waals surface area (Å²) in [5, 5.41) is 0. The van der Waals surface area contributed by atoms with Crippen LogP contribution in [0.4, 0.5) is 26.3 Å². The van der Waals surface area contributed by atoms with Crippen LogP contribution in [-0.4, -0.2) is 37.8 Å². The molecule has 0 aliphatic rings. The maximum absolute atomic E-state index is 11.4. The normalized spacial score (nSPS) is 12.2. The molecular weight excluding hydrogens is 506 g/mol. The van der Waals surface area contributed by atoms with E-state index in [1.54, 1.807) is 6.07 Å². The highest BCUT2D eigenvalue weighted by Crippen LogP contribution is 2.32. The van der Waals surface area contributed by atoms with Gasteiger partial charge in [0.25, 0.3) is 0 Å². The van der Waals surface area contributed by atoms with Crippen LogP contribution in [0.25, 0.3) is 0 Å². The second kappa shape index (κ2) is 11.1. The number of aromatic amines is 1. The van der Waals surface area contributed by atoms with Crippen molar-refractivity contribution in [1.29, 1.82) is 0 Å². The number of alkyl halides is 6. The Kier molecular flexibility index (Phi) is 10.3. The van der Waals surface area contributed by atoms with Gasteiger partial charge in [0, 0.05) is 23.1 Å². The van der Waals surface area contributed by atoms with Gasteiger partial charge in [-0.3, -0.25) is 9.78 Å². The molecule has 0 saturated carbocycles. The van der Waals surface area contributed by atoms with Crippen molar-refractivity contribution in [3.63, 3.8) is 0 Å². The van der Waals surface area contributed by atoms with Crippen molar-refractivity contribution in [2.75, 3.05) is 0 Å².